The quantitative estimate of drug-likeness (QED) is 0.556. The average Bonchev–Trinajstić information content (AvgIpc) is 2.30. The monoisotopic (exact) mass is 230 g/mol. The third kappa shape index (κ3) is 9.93. The van der Waals surface area contributed by atoms with E-state index in [0.717, 1.165) is 38.8 Å². The summed E-state index contributed by atoms with van der Waals surface area (Å²) in [7, 11) is 1.71. The van der Waals surface area contributed by atoms with Crippen molar-refractivity contribution in [2.45, 2.75) is 39.0 Å². The Kier molecular flexibility index (Phi) is 10.5. The molecule has 0 saturated carbocycles. The molecule has 0 bridgehead atoms. The van der Waals surface area contributed by atoms with Crippen LogP contribution in [0.15, 0.2) is 0 Å². The molecule has 0 aliphatic rings. The van der Waals surface area contributed by atoms with Gasteiger partial charge >= 0.3 is 0 Å². The predicted octanol–water partition coefficient (Wildman–Crippen LogP) is 1.29. The molecule has 1 unspecified atom stereocenters. The van der Waals surface area contributed by atoms with Crippen LogP contribution in [-0.2, 0) is 9.53 Å². The Bertz CT molecular complexity index is 174. The molecular weight excluding hydrogens is 204 g/mol. The summed E-state index contributed by atoms with van der Waals surface area (Å²) < 4.78 is 4.95. The molecular formula is C12H26N2O2. The molecule has 0 aliphatic heterocycles. The molecule has 0 aliphatic carbocycles. The average molecular weight is 230 g/mol. The Balaban J connectivity index is 3.24. The summed E-state index contributed by atoms with van der Waals surface area (Å²) >= 11 is 0. The summed E-state index contributed by atoms with van der Waals surface area (Å²) in [6.07, 6.45) is 4.67. The second kappa shape index (κ2) is 10.9. The minimum Gasteiger partial charge on any atom is -0.385 e. The lowest BCUT2D eigenvalue weighted by Crippen LogP contribution is -2.25. The Labute approximate surface area is 98.9 Å². The van der Waals surface area contributed by atoms with E-state index < -0.39 is 0 Å². The number of rotatable bonds is 10. The first-order chi connectivity index (χ1) is 7.70. The first-order valence-electron chi connectivity index (χ1n) is 6.16. The molecule has 96 valence electrons. The summed E-state index contributed by atoms with van der Waals surface area (Å²) in [4.78, 5) is 11.4. The van der Waals surface area contributed by atoms with Gasteiger partial charge in [0.15, 0.2) is 0 Å². The molecule has 16 heavy (non-hydrogen) atoms. The highest BCUT2D eigenvalue weighted by molar-refractivity contribution is 5.75. The van der Waals surface area contributed by atoms with Gasteiger partial charge in [0.1, 0.15) is 0 Å². The number of hydrogen-bond donors (Lipinski definition) is 2. The zero-order valence-electron chi connectivity index (χ0n) is 10.6. The number of unbranched alkanes of at least 4 members (excludes halogenated alkanes) is 2. The second-order valence-electron chi connectivity index (χ2n) is 4.28. The Hall–Kier alpha value is -0.610. The highest BCUT2D eigenvalue weighted by Crippen LogP contribution is 2.02. The summed E-state index contributed by atoms with van der Waals surface area (Å²) in [6.45, 7) is 4.31. The summed E-state index contributed by atoms with van der Waals surface area (Å²) in [5.74, 6) is 0.583. The predicted molar refractivity (Wildman–Crippen MR) is 66.2 cm³/mol. The van der Waals surface area contributed by atoms with Crippen LogP contribution in [0.3, 0.4) is 0 Å². The van der Waals surface area contributed by atoms with Gasteiger partial charge in [-0.25, -0.2) is 0 Å². The van der Waals surface area contributed by atoms with E-state index in [9.17, 15) is 4.79 Å². The normalized spacial score (nSPS) is 12.4. The van der Waals surface area contributed by atoms with Crippen molar-refractivity contribution in [3.8, 4) is 0 Å². The molecule has 1 amide bonds. The van der Waals surface area contributed by atoms with Crippen molar-refractivity contribution in [2.75, 3.05) is 26.8 Å². The fraction of sp³-hybridized carbons (Fsp3) is 0.917. The van der Waals surface area contributed by atoms with Crippen molar-refractivity contribution in [2.24, 2.45) is 11.7 Å². The molecule has 0 fully saturated rings. The zero-order chi connectivity index (χ0) is 12.2. The Morgan fingerprint density at radius 3 is 2.75 bits per heavy atom. The smallest absolute Gasteiger partial charge is 0.220 e. The third-order valence-electron chi connectivity index (χ3n) is 2.61. The maximum Gasteiger partial charge on any atom is 0.220 e. The number of hydrogen-bond acceptors (Lipinski definition) is 3. The van der Waals surface area contributed by atoms with Gasteiger partial charge in [-0.15, -0.1) is 0 Å². The highest BCUT2D eigenvalue weighted by Gasteiger charge is 2.04. The van der Waals surface area contributed by atoms with Crippen molar-refractivity contribution < 1.29 is 9.53 Å². The van der Waals surface area contributed by atoms with Crippen molar-refractivity contribution in [1.29, 1.82) is 0 Å². The van der Waals surface area contributed by atoms with Gasteiger partial charge in [-0.05, 0) is 38.1 Å². The molecule has 1 atom stereocenters. The standard InChI is InChI=1S/C12H26N2O2/c1-11(10-13)6-7-12(15)14-8-4-3-5-9-16-2/h11H,3-10,13H2,1-2H3,(H,14,15). The van der Waals surface area contributed by atoms with Crippen molar-refractivity contribution >= 4 is 5.91 Å². The van der Waals surface area contributed by atoms with Gasteiger partial charge in [-0.1, -0.05) is 6.92 Å². The van der Waals surface area contributed by atoms with E-state index in [2.05, 4.69) is 12.2 Å². The van der Waals surface area contributed by atoms with Crippen LogP contribution in [0.25, 0.3) is 0 Å². The first-order valence-corrected chi connectivity index (χ1v) is 6.16. The number of carbonyl (C=O) groups excluding carboxylic acids is 1. The largest absolute Gasteiger partial charge is 0.385 e. The zero-order valence-corrected chi connectivity index (χ0v) is 10.6. The molecule has 4 nitrogen and oxygen atoms in total. The number of nitrogens with one attached hydrogen (secondary N) is 1. The van der Waals surface area contributed by atoms with Crippen LogP contribution in [0, 0.1) is 5.92 Å². The minimum absolute atomic E-state index is 0.145. The maximum absolute atomic E-state index is 11.4. The third-order valence-corrected chi connectivity index (χ3v) is 2.61. The van der Waals surface area contributed by atoms with Crippen LogP contribution in [-0.4, -0.2) is 32.7 Å². The maximum atomic E-state index is 11.4. The van der Waals surface area contributed by atoms with Gasteiger partial charge in [0.05, 0.1) is 0 Å². The first kappa shape index (κ1) is 15.4. The Morgan fingerprint density at radius 1 is 1.38 bits per heavy atom. The van der Waals surface area contributed by atoms with E-state index >= 15 is 0 Å². The van der Waals surface area contributed by atoms with E-state index in [1.807, 2.05) is 0 Å². The van der Waals surface area contributed by atoms with Crippen LogP contribution >= 0.6 is 0 Å². The molecule has 0 radical (unpaired) electrons. The molecule has 3 N–H and O–H groups in total. The lowest BCUT2D eigenvalue weighted by atomic mass is 10.1. The minimum atomic E-state index is 0.145. The number of amides is 1. The molecule has 0 rings (SSSR count). The van der Waals surface area contributed by atoms with E-state index in [4.69, 9.17) is 10.5 Å². The van der Waals surface area contributed by atoms with Gasteiger partial charge in [-0.3, -0.25) is 4.79 Å². The fourth-order valence-electron chi connectivity index (χ4n) is 1.36. The number of nitrogens with two attached hydrogens (primary N) is 1. The number of carbonyl (C=O) groups is 1. The molecule has 0 spiro atoms. The van der Waals surface area contributed by atoms with Crippen LogP contribution in [0.2, 0.25) is 0 Å². The van der Waals surface area contributed by atoms with E-state index in [1.54, 1.807) is 7.11 Å². The van der Waals surface area contributed by atoms with Crippen LogP contribution in [0.5, 0.6) is 0 Å². The number of ether oxygens (including phenoxy) is 1. The van der Waals surface area contributed by atoms with E-state index in [0.29, 0.717) is 18.9 Å². The van der Waals surface area contributed by atoms with Gasteiger partial charge in [-0.2, -0.15) is 0 Å². The fourth-order valence-corrected chi connectivity index (χ4v) is 1.36. The van der Waals surface area contributed by atoms with E-state index in [1.165, 1.54) is 0 Å². The van der Waals surface area contributed by atoms with Crippen LogP contribution < -0.4 is 11.1 Å². The number of methoxy groups -OCH3 is 1. The summed E-state index contributed by atoms with van der Waals surface area (Å²) in [5.41, 5.74) is 5.48. The SMILES string of the molecule is COCCCCCNC(=O)CCC(C)CN. The Morgan fingerprint density at radius 2 is 2.12 bits per heavy atom. The lowest BCUT2D eigenvalue weighted by Gasteiger charge is -2.08. The second-order valence-corrected chi connectivity index (χ2v) is 4.28. The molecule has 0 heterocycles. The lowest BCUT2D eigenvalue weighted by molar-refractivity contribution is -0.121. The molecule has 0 aromatic heterocycles. The summed E-state index contributed by atoms with van der Waals surface area (Å²) in [6, 6.07) is 0. The summed E-state index contributed by atoms with van der Waals surface area (Å²) in [5, 5.41) is 2.92. The van der Waals surface area contributed by atoms with Crippen LogP contribution in [0.1, 0.15) is 39.0 Å². The molecule has 0 aromatic rings. The van der Waals surface area contributed by atoms with Crippen LogP contribution in [0.4, 0.5) is 0 Å². The van der Waals surface area contributed by atoms with Crippen molar-refractivity contribution in [1.82, 2.24) is 5.32 Å². The highest BCUT2D eigenvalue weighted by atomic mass is 16.5. The van der Waals surface area contributed by atoms with E-state index in [-0.39, 0.29) is 5.91 Å². The molecule has 4 heteroatoms. The molecule has 0 saturated heterocycles. The van der Waals surface area contributed by atoms with Crippen molar-refractivity contribution in [3.63, 3.8) is 0 Å². The van der Waals surface area contributed by atoms with Gasteiger partial charge in [0.2, 0.25) is 5.91 Å². The van der Waals surface area contributed by atoms with Crippen molar-refractivity contribution in [3.05, 3.63) is 0 Å². The van der Waals surface area contributed by atoms with Gasteiger partial charge in [0.25, 0.3) is 0 Å². The molecule has 0 aromatic carbocycles. The van der Waals surface area contributed by atoms with Gasteiger partial charge < -0.3 is 15.8 Å². The van der Waals surface area contributed by atoms with Gasteiger partial charge in [0, 0.05) is 26.7 Å². The topological polar surface area (TPSA) is 64.3 Å².